The Kier molecular flexibility index (Phi) is 4.51. The third kappa shape index (κ3) is 2.87. The van der Waals surface area contributed by atoms with Gasteiger partial charge in [-0.05, 0) is 44.5 Å². The zero-order valence-corrected chi connectivity index (χ0v) is 13.4. The standard InChI is InChI=1S/C18H23NO2/c1-12(2)19(13(3)4)18(20)17-15-9-7-6-8-14(15)10-11-16(17)21-5/h6-13H,1-5H3. The third-order valence-electron chi connectivity index (χ3n) is 3.67. The van der Waals surface area contributed by atoms with Crippen molar-refractivity contribution in [1.29, 1.82) is 0 Å². The van der Waals surface area contributed by atoms with Crippen molar-refractivity contribution in [3.8, 4) is 5.75 Å². The first-order chi connectivity index (χ1) is 9.97. The highest BCUT2D eigenvalue weighted by Crippen LogP contribution is 2.30. The summed E-state index contributed by atoms with van der Waals surface area (Å²) in [5, 5.41) is 1.99. The molecule has 21 heavy (non-hydrogen) atoms. The molecular weight excluding hydrogens is 262 g/mol. The largest absolute Gasteiger partial charge is 0.496 e. The molecule has 3 nitrogen and oxygen atoms in total. The topological polar surface area (TPSA) is 29.5 Å². The lowest BCUT2D eigenvalue weighted by Gasteiger charge is -2.31. The van der Waals surface area contributed by atoms with Gasteiger partial charge in [-0.15, -0.1) is 0 Å². The van der Waals surface area contributed by atoms with E-state index in [0.717, 1.165) is 10.8 Å². The fraction of sp³-hybridized carbons (Fsp3) is 0.389. The van der Waals surface area contributed by atoms with E-state index >= 15 is 0 Å². The second-order valence-electron chi connectivity index (χ2n) is 5.76. The fourth-order valence-electron chi connectivity index (χ4n) is 2.84. The van der Waals surface area contributed by atoms with Crippen LogP contribution in [0, 0.1) is 0 Å². The van der Waals surface area contributed by atoms with Gasteiger partial charge in [0.15, 0.2) is 0 Å². The summed E-state index contributed by atoms with van der Waals surface area (Å²) in [5.74, 6) is 0.652. The van der Waals surface area contributed by atoms with Gasteiger partial charge >= 0.3 is 0 Å². The van der Waals surface area contributed by atoms with E-state index in [9.17, 15) is 4.79 Å². The molecular formula is C18H23NO2. The van der Waals surface area contributed by atoms with Crippen LogP contribution in [0.4, 0.5) is 0 Å². The Balaban J connectivity index is 2.66. The van der Waals surface area contributed by atoms with Gasteiger partial charge < -0.3 is 9.64 Å². The maximum Gasteiger partial charge on any atom is 0.258 e. The molecule has 0 N–H and O–H groups in total. The highest BCUT2D eigenvalue weighted by Gasteiger charge is 2.26. The van der Waals surface area contributed by atoms with Crippen LogP contribution < -0.4 is 4.74 Å². The van der Waals surface area contributed by atoms with Gasteiger partial charge in [0, 0.05) is 12.1 Å². The number of hydrogen-bond acceptors (Lipinski definition) is 2. The first-order valence-corrected chi connectivity index (χ1v) is 7.35. The Morgan fingerprint density at radius 2 is 1.62 bits per heavy atom. The number of rotatable bonds is 4. The highest BCUT2D eigenvalue weighted by atomic mass is 16.5. The summed E-state index contributed by atoms with van der Waals surface area (Å²) in [4.78, 5) is 15.0. The van der Waals surface area contributed by atoms with Gasteiger partial charge in [-0.25, -0.2) is 0 Å². The monoisotopic (exact) mass is 285 g/mol. The number of fused-ring (bicyclic) bond motifs is 1. The smallest absolute Gasteiger partial charge is 0.258 e. The number of benzene rings is 2. The fourth-order valence-corrected chi connectivity index (χ4v) is 2.84. The average molecular weight is 285 g/mol. The van der Waals surface area contributed by atoms with Crippen LogP contribution in [0.5, 0.6) is 5.75 Å². The van der Waals surface area contributed by atoms with Gasteiger partial charge in [-0.3, -0.25) is 4.79 Å². The molecule has 0 aliphatic carbocycles. The van der Waals surface area contributed by atoms with Crippen LogP contribution in [-0.2, 0) is 0 Å². The molecule has 0 aromatic heterocycles. The van der Waals surface area contributed by atoms with Gasteiger partial charge in [0.05, 0.1) is 12.7 Å². The van der Waals surface area contributed by atoms with Crippen LogP contribution in [0.25, 0.3) is 10.8 Å². The predicted octanol–water partition coefficient (Wildman–Crippen LogP) is 4.11. The molecule has 112 valence electrons. The minimum absolute atomic E-state index is 0.0219. The molecule has 2 aromatic carbocycles. The Hall–Kier alpha value is -2.03. The highest BCUT2D eigenvalue weighted by molar-refractivity contribution is 6.09. The summed E-state index contributed by atoms with van der Waals surface area (Å²) < 4.78 is 5.44. The number of carbonyl (C=O) groups excluding carboxylic acids is 1. The summed E-state index contributed by atoms with van der Waals surface area (Å²) in [6.45, 7) is 8.15. The molecule has 3 heteroatoms. The molecule has 0 heterocycles. The molecule has 0 saturated carbocycles. The van der Waals surface area contributed by atoms with E-state index in [2.05, 4.69) is 0 Å². The van der Waals surface area contributed by atoms with E-state index in [0.29, 0.717) is 11.3 Å². The van der Waals surface area contributed by atoms with E-state index in [1.54, 1.807) is 7.11 Å². The molecule has 1 amide bonds. The Morgan fingerprint density at radius 3 is 2.19 bits per heavy atom. The van der Waals surface area contributed by atoms with Crippen molar-refractivity contribution in [2.24, 2.45) is 0 Å². The first-order valence-electron chi connectivity index (χ1n) is 7.35. The molecule has 0 aliphatic rings. The van der Waals surface area contributed by atoms with E-state index in [-0.39, 0.29) is 18.0 Å². The Morgan fingerprint density at radius 1 is 1.00 bits per heavy atom. The predicted molar refractivity (Wildman–Crippen MR) is 86.9 cm³/mol. The van der Waals surface area contributed by atoms with Crippen molar-refractivity contribution >= 4 is 16.7 Å². The lowest BCUT2D eigenvalue weighted by Crippen LogP contribution is -2.42. The molecule has 0 radical (unpaired) electrons. The average Bonchev–Trinajstić information content (AvgIpc) is 2.45. The number of nitrogens with zero attached hydrogens (tertiary/aromatic N) is 1. The quantitative estimate of drug-likeness (QED) is 0.846. The van der Waals surface area contributed by atoms with E-state index < -0.39 is 0 Å². The first kappa shape index (κ1) is 15.4. The molecule has 0 saturated heterocycles. The normalized spacial score (nSPS) is 11.2. The number of methoxy groups -OCH3 is 1. The second kappa shape index (κ2) is 6.17. The van der Waals surface area contributed by atoms with Crippen LogP contribution >= 0.6 is 0 Å². The third-order valence-corrected chi connectivity index (χ3v) is 3.67. The van der Waals surface area contributed by atoms with Crippen LogP contribution in [-0.4, -0.2) is 30.0 Å². The molecule has 0 spiro atoms. The van der Waals surface area contributed by atoms with Gasteiger partial charge in [0.25, 0.3) is 5.91 Å². The Bertz CT molecular complexity index is 639. The van der Waals surface area contributed by atoms with E-state index in [1.807, 2.05) is 69.0 Å². The molecule has 0 atom stereocenters. The van der Waals surface area contributed by atoms with Crippen molar-refractivity contribution in [2.75, 3.05) is 7.11 Å². The zero-order chi connectivity index (χ0) is 15.6. The minimum Gasteiger partial charge on any atom is -0.496 e. The van der Waals surface area contributed by atoms with E-state index in [1.165, 1.54) is 0 Å². The molecule has 2 rings (SSSR count). The van der Waals surface area contributed by atoms with Crippen LogP contribution in [0.1, 0.15) is 38.1 Å². The lowest BCUT2D eigenvalue weighted by molar-refractivity contribution is 0.0642. The molecule has 0 unspecified atom stereocenters. The van der Waals surface area contributed by atoms with Crippen molar-refractivity contribution < 1.29 is 9.53 Å². The second-order valence-corrected chi connectivity index (χ2v) is 5.76. The van der Waals surface area contributed by atoms with Crippen molar-refractivity contribution in [1.82, 2.24) is 4.90 Å². The number of amides is 1. The van der Waals surface area contributed by atoms with Crippen LogP contribution in [0.2, 0.25) is 0 Å². The molecule has 0 bridgehead atoms. The SMILES string of the molecule is COc1ccc2ccccc2c1C(=O)N(C(C)C)C(C)C. The summed E-state index contributed by atoms with van der Waals surface area (Å²) in [6.07, 6.45) is 0. The minimum atomic E-state index is 0.0219. The van der Waals surface area contributed by atoms with Crippen molar-refractivity contribution in [3.05, 3.63) is 42.0 Å². The summed E-state index contributed by atoms with van der Waals surface area (Å²) in [6, 6.07) is 12.1. The summed E-state index contributed by atoms with van der Waals surface area (Å²) >= 11 is 0. The Labute approximate surface area is 126 Å². The maximum atomic E-state index is 13.1. The summed E-state index contributed by atoms with van der Waals surface area (Å²) in [7, 11) is 1.61. The van der Waals surface area contributed by atoms with Crippen LogP contribution in [0.15, 0.2) is 36.4 Å². The van der Waals surface area contributed by atoms with Gasteiger partial charge in [0.1, 0.15) is 5.75 Å². The number of hydrogen-bond donors (Lipinski definition) is 0. The molecule has 0 aliphatic heterocycles. The van der Waals surface area contributed by atoms with Crippen LogP contribution in [0.3, 0.4) is 0 Å². The molecule has 0 fully saturated rings. The number of carbonyl (C=O) groups is 1. The van der Waals surface area contributed by atoms with Crippen molar-refractivity contribution in [2.45, 2.75) is 39.8 Å². The van der Waals surface area contributed by atoms with Gasteiger partial charge in [0.2, 0.25) is 0 Å². The van der Waals surface area contributed by atoms with Gasteiger partial charge in [-0.1, -0.05) is 30.3 Å². The van der Waals surface area contributed by atoms with Crippen molar-refractivity contribution in [3.63, 3.8) is 0 Å². The summed E-state index contributed by atoms with van der Waals surface area (Å²) in [5.41, 5.74) is 0.651. The zero-order valence-electron chi connectivity index (χ0n) is 13.4. The number of ether oxygens (including phenoxy) is 1. The lowest BCUT2D eigenvalue weighted by atomic mass is 10.0. The van der Waals surface area contributed by atoms with E-state index in [4.69, 9.17) is 4.74 Å². The molecule has 2 aromatic rings. The van der Waals surface area contributed by atoms with Gasteiger partial charge in [-0.2, -0.15) is 0 Å². The maximum absolute atomic E-state index is 13.1.